The fourth-order valence-corrected chi connectivity index (χ4v) is 7.83. The first-order valence-electron chi connectivity index (χ1n) is 21.6. The van der Waals surface area contributed by atoms with Crippen molar-refractivity contribution in [1.82, 2.24) is 0 Å². The second-order valence-corrected chi connectivity index (χ2v) is 16.6. The highest BCUT2D eigenvalue weighted by Gasteiger charge is 2.30. The molecule has 0 saturated carbocycles. The zero-order valence-corrected chi connectivity index (χ0v) is 37.4. The average molecular weight is 851 g/mol. The summed E-state index contributed by atoms with van der Waals surface area (Å²) in [4.78, 5) is 22.8. The molecule has 0 spiro atoms. The van der Waals surface area contributed by atoms with Gasteiger partial charge >= 0.3 is 11.9 Å². The summed E-state index contributed by atoms with van der Waals surface area (Å²) < 4.78 is 33.1. The van der Waals surface area contributed by atoms with Gasteiger partial charge in [0.05, 0.1) is 17.7 Å². The van der Waals surface area contributed by atoms with Gasteiger partial charge in [-0.05, 0) is 136 Å². The first kappa shape index (κ1) is 46.2. The third-order valence-corrected chi connectivity index (χ3v) is 11.2. The smallest absolute Gasteiger partial charge is 0.341 e. The molecule has 6 aromatic rings. The molecule has 6 heteroatoms. The van der Waals surface area contributed by atoms with Gasteiger partial charge in [-0.25, -0.2) is 18.4 Å². The summed E-state index contributed by atoms with van der Waals surface area (Å²) in [5.41, 5.74) is 12.0. The molecule has 2 aliphatic rings. The molecule has 2 aliphatic carbocycles. The fraction of sp³-hybridized carbons (Fsp3) is 0.207. The van der Waals surface area contributed by atoms with E-state index in [1.807, 2.05) is 62.4 Å². The monoisotopic (exact) mass is 850 g/mol. The number of hydrogen-bond donors (Lipinski definition) is 1. The van der Waals surface area contributed by atoms with E-state index in [2.05, 4.69) is 112 Å². The lowest BCUT2D eigenvalue weighted by Gasteiger charge is -2.32. The summed E-state index contributed by atoms with van der Waals surface area (Å²) in [5, 5.41) is 8.96. The van der Waals surface area contributed by atoms with Crippen LogP contribution in [0.2, 0.25) is 0 Å². The number of carbonyl (C=O) groups is 2. The van der Waals surface area contributed by atoms with Crippen LogP contribution >= 0.6 is 0 Å². The molecular weight excluding hydrogens is 799 g/mol. The minimum atomic E-state index is -1.29. The molecule has 8 rings (SSSR count). The van der Waals surface area contributed by atoms with E-state index >= 15 is 0 Å². The van der Waals surface area contributed by atoms with Crippen molar-refractivity contribution in [3.8, 4) is 23.7 Å². The lowest BCUT2D eigenvalue weighted by atomic mass is 9.72. The Labute approximate surface area is 376 Å². The van der Waals surface area contributed by atoms with Crippen molar-refractivity contribution < 1.29 is 28.2 Å². The van der Waals surface area contributed by atoms with Gasteiger partial charge in [0.25, 0.3) is 0 Å². The van der Waals surface area contributed by atoms with Crippen LogP contribution in [0.1, 0.15) is 138 Å². The second-order valence-electron chi connectivity index (χ2n) is 16.6. The van der Waals surface area contributed by atoms with Crippen LogP contribution in [0.5, 0.6) is 0 Å². The van der Waals surface area contributed by atoms with E-state index < -0.39 is 23.6 Å². The fourth-order valence-electron chi connectivity index (χ4n) is 7.83. The van der Waals surface area contributed by atoms with Crippen LogP contribution < -0.4 is 0 Å². The molecule has 0 radical (unpaired) electrons. The molecule has 6 aromatic carbocycles. The maximum Gasteiger partial charge on any atom is 0.341 e. The summed E-state index contributed by atoms with van der Waals surface area (Å²) in [6.45, 7) is 14.9. The lowest BCUT2D eigenvalue weighted by molar-refractivity contribution is 0.0520. The molecule has 0 atom stereocenters. The Morgan fingerprint density at radius 2 is 0.938 bits per heavy atom. The molecule has 0 fully saturated rings. The number of hydrogen-bond acceptors (Lipinski definition) is 3. The number of fused-ring (bicyclic) bond motifs is 2. The highest BCUT2D eigenvalue weighted by molar-refractivity contribution is 5.90. The summed E-state index contributed by atoms with van der Waals surface area (Å²) in [7, 11) is 0. The summed E-state index contributed by atoms with van der Waals surface area (Å²) in [6.07, 6.45) is 6.53. The lowest BCUT2D eigenvalue weighted by Crippen LogP contribution is -2.22. The van der Waals surface area contributed by atoms with Crippen LogP contribution in [0.3, 0.4) is 0 Å². The molecule has 1 N–H and O–H groups in total. The number of halogens is 2. The van der Waals surface area contributed by atoms with Gasteiger partial charge in [0.2, 0.25) is 0 Å². The van der Waals surface area contributed by atoms with Crippen molar-refractivity contribution in [3.05, 3.63) is 224 Å². The van der Waals surface area contributed by atoms with Gasteiger partial charge in [-0.1, -0.05) is 150 Å². The highest BCUT2D eigenvalue weighted by atomic mass is 19.1. The van der Waals surface area contributed by atoms with Crippen molar-refractivity contribution >= 4 is 23.1 Å². The predicted molar refractivity (Wildman–Crippen MR) is 254 cm³/mol. The summed E-state index contributed by atoms with van der Waals surface area (Å²) in [5.74, 6) is 8.85. The van der Waals surface area contributed by atoms with Crippen molar-refractivity contribution in [2.24, 2.45) is 0 Å². The largest absolute Gasteiger partial charge is 0.478 e. The van der Waals surface area contributed by atoms with E-state index in [-0.39, 0.29) is 28.6 Å². The van der Waals surface area contributed by atoms with Gasteiger partial charge in [-0.15, -0.1) is 0 Å². The number of rotatable bonds is 5. The average Bonchev–Trinajstić information content (AvgIpc) is 3.29. The Morgan fingerprint density at radius 1 is 0.562 bits per heavy atom. The molecule has 64 heavy (non-hydrogen) atoms. The highest BCUT2D eigenvalue weighted by Crippen LogP contribution is 2.43. The van der Waals surface area contributed by atoms with E-state index in [0.29, 0.717) is 11.1 Å². The quantitative estimate of drug-likeness (QED) is 0.139. The molecule has 0 aliphatic heterocycles. The van der Waals surface area contributed by atoms with Gasteiger partial charge in [-0.3, -0.25) is 0 Å². The Kier molecular flexibility index (Phi) is 14.6. The van der Waals surface area contributed by atoms with E-state index in [0.717, 1.165) is 35.6 Å². The van der Waals surface area contributed by atoms with Crippen molar-refractivity contribution in [3.63, 3.8) is 0 Å². The van der Waals surface area contributed by atoms with Crippen molar-refractivity contribution in [2.45, 2.75) is 72.1 Å². The Bertz CT molecular complexity index is 2880. The van der Waals surface area contributed by atoms with Crippen LogP contribution in [-0.2, 0) is 15.6 Å². The van der Waals surface area contributed by atoms with E-state index in [9.17, 15) is 18.4 Å². The second kappa shape index (κ2) is 20.3. The SMILES string of the molecule is CC.CC1(C)CC=C(c2ccccc2)c2cc(C#Cc3ccc(C(=O)O)c(F)c3)ccc21.CCOC(=O)c1ccc(C#Cc2ccc3c(c2)C(c2ccccc2)=CCC3(C)C)cc1F. The maximum atomic E-state index is 14.3. The molecule has 0 heterocycles. The molecule has 4 nitrogen and oxygen atoms in total. The minimum Gasteiger partial charge on any atom is -0.478 e. The molecular formula is C58H52F2O4. The molecule has 0 amide bonds. The predicted octanol–water partition coefficient (Wildman–Crippen LogP) is 13.6. The Morgan fingerprint density at radius 3 is 1.31 bits per heavy atom. The van der Waals surface area contributed by atoms with Gasteiger partial charge in [-0.2, -0.15) is 0 Å². The topological polar surface area (TPSA) is 63.6 Å². The third-order valence-electron chi connectivity index (χ3n) is 11.2. The maximum absolute atomic E-state index is 14.3. The number of carboxylic acids is 1. The number of esters is 1. The number of carbonyl (C=O) groups excluding carboxylic acids is 1. The molecule has 0 aromatic heterocycles. The van der Waals surface area contributed by atoms with Crippen LogP contribution in [0.15, 0.2) is 146 Å². The Hall–Kier alpha value is -7.28. The van der Waals surface area contributed by atoms with Crippen LogP contribution in [0.4, 0.5) is 8.78 Å². The summed E-state index contributed by atoms with van der Waals surface area (Å²) >= 11 is 0. The normalized spacial score (nSPS) is 13.7. The number of aromatic carboxylic acids is 1. The van der Waals surface area contributed by atoms with Gasteiger partial charge in [0.15, 0.2) is 0 Å². The van der Waals surface area contributed by atoms with Crippen molar-refractivity contribution in [2.75, 3.05) is 6.61 Å². The standard InChI is InChI=1S/C29H25FO2.C27H21FO2.C2H6/c1-4-32-28(31)24-14-12-21(19-27(24)30)11-10-20-13-15-26-25(18-20)23(16-17-29(26,2)3)22-8-6-5-7-9-22;1-27(2)15-14-21(20-6-4-3-5-7-20)23-16-18(11-13-24(23)27)8-9-19-10-12-22(26(29)30)25(28)17-19;1-2/h5-9,12-16,18-19H,4,17H2,1-3H3;3-7,10-14,16-17H,15H2,1-2H3,(H,29,30);1-2H3. The third kappa shape index (κ3) is 10.7. The molecule has 0 bridgehead atoms. The van der Waals surface area contributed by atoms with E-state index in [1.54, 1.807) is 13.0 Å². The van der Waals surface area contributed by atoms with E-state index in [4.69, 9.17) is 9.84 Å². The zero-order valence-electron chi connectivity index (χ0n) is 37.4. The number of ether oxygens (including phenoxy) is 1. The molecule has 322 valence electrons. The van der Waals surface area contributed by atoms with Gasteiger partial charge in [0.1, 0.15) is 11.6 Å². The number of carboxylic acid groups (broad SMARTS) is 1. The Balaban J connectivity index is 0.000000205. The first-order valence-corrected chi connectivity index (χ1v) is 21.6. The van der Waals surface area contributed by atoms with Gasteiger partial charge < -0.3 is 9.84 Å². The van der Waals surface area contributed by atoms with Crippen LogP contribution in [-0.4, -0.2) is 23.7 Å². The van der Waals surface area contributed by atoms with Crippen molar-refractivity contribution in [1.29, 1.82) is 0 Å². The van der Waals surface area contributed by atoms with Crippen LogP contribution in [0.25, 0.3) is 11.1 Å². The van der Waals surface area contributed by atoms with E-state index in [1.165, 1.54) is 63.2 Å². The molecule has 0 unspecified atom stereocenters. The number of allylic oxidation sites excluding steroid dienone is 2. The minimum absolute atomic E-state index is 0.0371. The zero-order chi connectivity index (χ0) is 46.0. The summed E-state index contributed by atoms with van der Waals surface area (Å²) in [6, 6.07) is 41.4. The van der Waals surface area contributed by atoms with Gasteiger partial charge in [0, 0.05) is 22.3 Å². The molecule has 0 saturated heterocycles. The number of benzene rings is 6. The first-order chi connectivity index (χ1) is 30.7. The van der Waals surface area contributed by atoms with Crippen LogP contribution in [0, 0.1) is 35.3 Å².